The molecule has 0 unspecified atom stereocenters. The van der Waals surface area contributed by atoms with E-state index in [-0.39, 0.29) is 0 Å². The molecule has 19 heavy (non-hydrogen) atoms. The molecular formula is C14H15ClN2O2. The molecule has 3 N–H and O–H groups in total. The van der Waals surface area contributed by atoms with Gasteiger partial charge in [0.15, 0.2) is 0 Å². The van der Waals surface area contributed by atoms with Crippen molar-refractivity contribution in [1.29, 1.82) is 0 Å². The van der Waals surface area contributed by atoms with E-state index in [1.165, 1.54) is 0 Å². The van der Waals surface area contributed by atoms with Gasteiger partial charge in [-0.15, -0.1) is 0 Å². The van der Waals surface area contributed by atoms with Gasteiger partial charge in [0.1, 0.15) is 0 Å². The van der Waals surface area contributed by atoms with E-state index in [4.69, 9.17) is 17.3 Å². The highest BCUT2D eigenvalue weighted by molar-refractivity contribution is 6.30. The van der Waals surface area contributed by atoms with Gasteiger partial charge in [-0.3, -0.25) is 14.9 Å². The Morgan fingerprint density at radius 3 is 2.32 bits per heavy atom. The number of nitrogens with two attached hydrogens (primary N) is 1. The Hall–Kier alpha value is -1.81. The molecule has 100 valence electrons. The van der Waals surface area contributed by atoms with Crippen molar-refractivity contribution in [1.82, 2.24) is 5.32 Å². The number of rotatable bonds is 2. The van der Waals surface area contributed by atoms with Gasteiger partial charge in [0, 0.05) is 21.9 Å². The highest BCUT2D eigenvalue weighted by Gasteiger charge is 2.19. The van der Waals surface area contributed by atoms with Crippen LogP contribution in [0.15, 0.2) is 35.5 Å². The fourth-order valence-corrected chi connectivity index (χ4v) is 2.17. The second-order valence-electron chi connectivity index (χ2n) is 4.50. The fourth-order valence-electron chi connectivity index (χ4n) is 2.04. The quantitative estimate of drug-likeness (QED) is 0.816. The maximum Gasteiger partial charge on any atom is 0.258 e. The van der Waals surface area contributed by atoms with Crippen molar-refractivity contribution in [3.63, 3.8) is 0 Å². The third-order valence-corrected chi connectivity index (χ3v) is 3.37. The summed E-state index contributed by atoms with van der Waals surface area (Å²) in [6.45, 7) is 0. The molecule has 0 atom stereocenters. The fraction of sp³-hybridized carbons (Fsp3) is 0.286. The van der Waals surface area contributed by atoms with Crippen molar-refractivity contribution in [3.8, 4) is 0 Å². The van der Waals surface area contributed by atoms with E-state index < -0.39 is 11.8 Å². The number of amides is 2. The lowest BCUT2D eigenvalue weighted by Crippen LogP contribution is -2.33. The Balaban J connectivity index is 2.06. The zero-order valence-corrected chi connectivity index (χ0v) is 11.2. The van der Waals surface area contributed by atoms with Crippen LogP contribution in [0.5, 0.6) is 0 Å². The zero-order chi connectivity index (χ0) is 13.8. The van der Waals surface area contributed by atoms with Crippen LogP contribution in [0.25, 0.3) is 0 Å². The Kier molecular flexibility index (Phi) is 4.22. The first-order valence-electron chi connectivity index (χ1n) is 6.16. The molecule has 0 radical (unpaired) electrons. The van der Waals surface area contributed by atoms with Gasteiger partial charge in [-0.2, -0.15) is 0 Å². The number of benzene rings is 1. The maximum atomic E-state index is 12.0. The van der Waals surface area contributed by atoms with E-state index in [0.29, 0.717) is 28.3 Å². The van der Waals surface area contributed by atoms with Gasteiger partial charge in [-0.05, 0) is 49.9 Å². The highest BCUT2D eigenvalue weighted by atomic mass is 35.5. The molecular weight excluding hydrogens is 264 g/mol. The summed E-state index contributed by atoms with van der Waals surface area (Å²) in [7, 11) is 0. The molecule has 0 saturated carbocycles. The van der Waals surface area contributed by atoms with Crippen LogP contribution in [0, 0.1) is 0 Å². The predicted octanol–water partition coefficient (Wildman–Crippen LogP) is 2.38. The second-order valence-corrected chi connectivity index (χ2v) is 4.94. The molecule has 2 rings (SSSR count). The highest BCUT2D eigenvalue weighted by Crippen LogP contribution is 2.21. The van der Waals surface area contributed by atoms with Gasteiger partial charge < -0.3 is 5.73 Å². The standard InChI is InChI=1S/C14H15ClN2O2/c15-10-7-5-9(6-8-10)13(18)17-14(19)11-3-1-2-4-12(11)16/h5-8H,1-4,16H2,(H,17,18,19). The first-order valence-corrected chi connectivity index (χ1v) is 6.54. The van der Waals surface area contributed by atoms with Gasteiger partial charge in [0.25, 0.3) is 11.8 Å². The molecule has 1 aliphatic carbocycles. The Bertz CT molecular complexity index is 535. The predicted molar refractivity (Wildman–Crippen MR) is 73.6 cm³/mol. The number of allylic oxidation sites excluding steroid dienone is 1. The molecule has 1 aromatic carbocycles. The number of carbonyl (C=O) groups excluding carboxylic acids is 2. The molecule has 0 saturated heterocycles. The molecule has 5 heteroatoms. The third kappa shape index (κ3) is 3.35. The summed E-state index contributed by atoms with van der Waals surface area (Å²) in [5.41, 5.74) is 7.33. The van der Waals surface area contributed by atoms with Crippen LogP contribution in [0.1, 0.15) is 36.0 Å². The minimum atomic E-state index is -0.437. The average molecular weight is 279 g/mol. The van der Waals surface area contributed by atoms with Crippen molar-refractivity contribution in [2.24, 2.45) is 5.73 Å². The monoisotopic (exact) mass is 278 g/mol. The minimum Gasteiger partial charge on any atom is -0.402 e. The van der Waals surface area contributed by atoms with Crippen LogP contribution in [0.2, 0.25) is 5.02 Å². The van der Waals surface area contributed by atoms with Crippen LogP contribution in [0.4, 0.5) is 0 Å². The van der Waals surface area contributed by atoms with Crippen LogP contribution in [0.3, 0.4) is 0 Å². The van der Waals surface area contributed by atoms with Gasteiger partial charge in [0.2, 0.25) is 0 Å². The second kappa shape index (κ2) is 5.89. The lowest BCUT2D eigenvalue weighted by atomic mass is 9.96. The van der Waals surface area contributed by atoms with Gasteiger partial charge >= 0.3 is 0 Å². The Labute approximate surface area is 116 Å². The summed E-state index contributed by atoms with van der Waals surface area (Å²) in [6.07, 6.45) is 3.27. The molecule has 0 heterocycles. The minimum absolute atomic E-state index is 0.392. The average Bonchev–Trinajstić information content (AvgIpc) is 2.39. The van der Waals surface area contributed by atoms with Crippen LogP contribution in [-0.4, -0.2) is 11.8 Å². The van der Waals surface area contributed by atoms with Gasteiger partial charge in [-0.25, -0.2) is 0 Å². The molecule has 0 aliphatic heterocycles. The summed E-state index contributed by atoms with van der Waals surface area (Å²) in [6, 6.07) is 6.36. The number of hydrogen-bond donors (Lipinski definition) is 2. The van der Waals surface area contributed by atoms with Crippen molar-refractivity contribution in [3.05, 3.63) is 46.1 Å². The SMILES string of the molecule is NC1=C(C(=O)NC(=O)c2ccc(Cl)cc2)CCCC1. The van der Waals surface area contributed by atoms with Crippen LogP contribution >= 0.6 is 11.6 Å². The largest absolute Gasteiger partial charge is 0.402 e. The number of halogens is 1. The maximum absolute atomic E-state index is 12.0. The summed E-state index contributed by atoms with van der Waals surface area (Å²) in [5.74, 6) is -0.829. The molecule has 0 fully saturated rings. The lowest BCUT2D eigenvalue weighted by Gasteiger charge is -2.16. The van der Waals surface area contributed by atoms with Crippen LogP contribution in [-0.2, 0) is 4.79 Å². The summed E-state index contributed by atoms with van der Waals surface area (Å²) < 4.78 is 0. The number of carbonyl (C=O) groups is 2. The van der Waals surface area contributed by atoms with E-state index in [1.54, 1.807) is 24.3 Å². The summed E-state index contributed by atoms with van der Waals surface area (Å²) >= 11 is 5.74. The van der Waals surface area contributed by atoms with E-state index in [2.05, 4.69) is 5.32 Å². The van der Waals surface area contributed by atoms with Crippen molar-refractivity contribution in [2.75, 3.05) is 0 Å². The number of nitrogens with one attached hydrogen (secondary N) is 1. The molecule has 0 bridgehead atoms. The smallest absolute Gasteiger partial charge is 0.258 e. The van der Waals surface area contributed by atoms with Gasteiger partial charge in [-0.1, -0.05) is 11.6 Å². The van der Waals surface area contributed by atoms with Crippen molar-refractivity contribution >= 4 is 23.4 Å². The molecule has 2 amide bonds. The molecule has 0 aromatic heterocycles. The van der Waals surface area contributed by atoms with E-state index in [9.17, 15) is 9.59 Å². The Morgan fingerprint density at radius 2 is 1.68 bits per heavy atom. The van der Waals surface area contributed by atoms with Gasteiger partial charge in [0.05, 0.1) is 0 Å². The van der Waals surface area contributed by atoms with E-state index in [1.807, 2.05) is 0 Å². The number of imide groups is 1. The summed E-state index contributed by atoms with van der Waals surface area (Å²) in [4.78, 5) is 23.8. The van der Waals surface area contributed by atoms with E-state index in [0.717, 1.165) is 19.3 Å². The summed E-state index contributed by atoms with van der Waals surface area (Å²) in [5, 5.41) is 2.90. The lowest BCUT2D eigenvalue weighted by molar-refractivity contribution is -0.116. The molecule has 0 spiro atoms. The first-order chi connectivity index (χ1) is 9.08. The Morgan fingerprint density at radius 1 is 1.05 bits per heavy atom. The van der Waals surface area contributed by atoms with Crippen LogP contribution < -0.4 is 11.1 Å². The van der Waals surface area contributed by atoms with Crippen molar-refractivity contribution < 1.29 is 9.59 Å². The number of hydrogen-bond acceptors (Lipinski definition) is 3. The topological polar surface area (TPSA) is 72.2 Å². The molecule has 4 nitrogen and oxygen atoms in total. The zero-order valence-electron chi connectivity index (χ0n) is 10.4. The molecule has 1 aliphatic rings. The first kappa shape index (κ1) is 13.6. The van der Waals surface area contributed by atoms with E-state index >= 15 is 0 Å². The normalized spacial score (nSPS) is 15.2. The third-order valence-electron chi connectivity index (χ3n) is 3.12. The van der Waals surface area contributed by atoms with Crippen molar-refractivity contribution in [2.45, 2.75) is 25.7 Å². The molecule has 1 aromatic rings.